The highest BCUT2D eigenvalue weighted by Gasteiger charge is 2.43. The van der Waals surface area contributed by atoms with Gasteiger partial charge in [-0.05, 0) is 49.5 Å². The van der Waals surface area contributed by atoms with Crippen LogP contribution in [0.5, 0.6) is 0 Å². The summed E-state index contributed by atoms with van der Waals surface area (Å²) in [5, 5.41) is 3.90. The highest BCUT2D eigenvalue weighted by Crippen LogP contribution is 2.38. The molecule has 1 N–H and O–H groups in total. The van der Waals surface area contributed by atoms with Gasteiger partial charge in [-0.2, -0.15) is 13.2 Å². The summed E-state index contributed by atoms with van der Waals surface area (Å²) < 4.78 is 38.6. The number of fused-ring (bicyclic) bond motifs is 1. The Labute approximate surface area is 154 Å². The van der Waals surface area contributed by atoms with E-state index in [0.29, 0.717) is 18.0 Å². The van der Waals surface area contributed by atoms with E-state index in [2.05, 4.69) is 15.2 Å². The second-order valence-corrected chi connectivity index (χ2v) is 8.73. The van der Waals surface area contributed by atoms with Crippen LogP contribution in [0.2, 0.25) is 0 Å². The van der Waals surface area contributed by atoms with E-state index < -0.39 is 11.9 Å². The van der Waals surface area contributed by atoms with E-state index in [0.717, 1.165) is 25.4 Å². The number of piperidine rings is 1. The molecule has 26 heavy (non-hydrogen) atoms. The average Bonchev–Trinajstić information content (AvgIpc) is 3.05. The van der Waals surface area contributed by atoms with Crippen molar-refractivity contribution in [2.24, 2.45) is 22.7 Å². The van der Waals surface area contributed by atoms with Crippen molar-refractivity contribution in [3.63, 3.8) is 0 Å². The van der Waals surface area contributed by atoms with Crippen molar-refractivity contribution in [3.05, 3.63) is 11.8 Å². The lowest BCUT2D eigenvalue weighted by atomic mass is 9.81. The predicted octanol–water partition coefficient (Wildman–Crippen LogP) is 4.15. The molecule has 5 unspecified atom stereocenters. The zero-order valence-corrected chi connectivity index (χ0v) is 15.5. The van der Waals surface area contributed by atoms with Crippen LogP contribution in [0.25, 0.3) is 0 Å². The van der Waals surface area contributed by atoms with E-state index in [1.54, 1.807) is 0 Å². The number of allylic oxidation sites excluding steroid dienone is 1. The summed E-state index contributed by atoms with van der Waals surface area (Å²) >= 11 is 0. The average molecular weight is 369 g/mol. The van der Waals surface area contributed by atoms with Crippen molar-refractivity contribution < 1.29 is 13.2 Å². The fraction of sp³-hybridized carbons (Fsp3) is 0.850. The maximum atomic E-state index is 12.9. The smallest absolute Gasteiger partial charge is 0.311 e. The molecule has 0 radical (unpaired) electrons. The molecule has 3 nitrogen and oxygen atoms in total. The summed E-state index contributed by atoms with van der Waals surface area (Å²) in [5.74, 6) is 1.31. The second kappa shape index (κ2) is 7.27. The van der Waals surface area contributed by atoms with E-state index in [4.69, 9.17) is 0 Å². The SMILES string of the molecule is CC1C=C(C(F)(F)F)N=CC1N1CCC2NC(C3CCCCC3)CC2C1. The lowest BCUT2D eigenvalue weighted by Crippen LogP contribution is -2.51. The van der Waals surface area contributed by atoms with Gasteiger partial charge in [0, 0.05) is 31.4 Å². The molecule has 1 aliphatic carbocycles. The fourth-order valence-electron chi connectivity index (χ4n) is 5.60. The van der Waals surface area contributed by atoms with Gasteiger partial charge in [0.05, 0.1) is 6.04 Å². The Morgan fingerprint density at radius 1 is 1.08 bits per heavy atom. The number of aliphatic imine (C=N–C) groups is 1. The highest BCUT2D eigenvalue weighted by molar-refractivity contribution is 5.68. The Morgan fingerprint density at radius 3 is 2.54 bits per heavy atom. The molecule has 3 heterocycles. The van der Waals surface area contributed by atoms with E-state index in [1.807, 2.05) is 6.92 Å². The van der Waals surface area contributed by atoms with Crippen molar-refractivity contribution in [1.29, 1.82) is 0 Å². The molecule has 5 atom stereocenters. The molecule has 4 aliphatic rings. The number of nitrogens with zero attached hydrogens (tertiary/aromatic N) is 2. The molecule has 1 saturated carbocycles. The molecular weight excluding hydrogens is 339 g/mol. The number of nitrogens with one attached hydrogen (secondary N) is 1. The van der Waals surface area contributed by atoms with Gasteiger partial charge in [0.1, 0.15) is 5.70 Å². The summed E-state index contributed by atoms with van der Waals surface area (Å²) in [7, 11) is 0. The maximum Gasteiger partial charge on any atom is 0.433 e. The van der Waals surface area contributed by atoms with Crippen LogP contribution in [-0.2, 0) is 0 Å². The van der Waals surface area contributed by atoms with Gasteiger partial charge in [-0.15, -0.1) is 0 Å². The first kappa shape index (κ1) is 18.5. The highest BCUT2D eigenvalue weighted by atomic mass is 19.4. The second-order valence-electron chi connectivity index (χ2n) is 8.73. The quantitative estimate of drug-likeness (QED) is 0.792. The minimum Gasteiger partial charge on any atom is -0.311 e. The van der Waals surface area contributed by atoms with Gasteiger partial charge in [-0.25, -0.2) is 0 Å². The van der Waals surface area contributed by atoms with E-state index in [1.165, 1.54) is 50.8 Å². The monoisotopic (exact) mass is 369 g/mol. The Hall–Kier alpha value is -0.880. The molecule has 3 fully saturated rings. The molecule has 4 rings (SSSR count). The molecule has 0 spiro atoms. The predicted molar refractivity (Wildman–Crippen MR) is 97.2 cm³/mol. The number of hydrogen-bond donors (Lipinski definition) is 1. The van der Waals surface area contributed by atoms with Crippen LogP contribution in [0, 0.1) is 17.8 Å². The summed E-state index contributed by atoms with van der Waals surface area (Å²) in [6, 6.07) is 1.24. The first-order valence-corrected chi connectivity index (χ1v) is 10.2. The van der Waals surface area contributed by atoms with Crippen LogP contribution in [0.15, 0.2) is 16.8 Å². The Balaban J connectivity index is 1.37. The molecule has 0 aromatic carbocycles. The zero-order valence-electron chi connectivity index (χ0n) is 15.5. The van der Waals surface area contributed by atoms with Crippen molar-refractivity contribution in [1.82, 2.24) is 10.2 Å². The standard InChI is InChI=1S/C20H30F3N3/c1-13-9-19(20(21,22)23)24-11-18(13)26-8-7-16-15(12-26)10-17(25-16)14-5-3-2-4-6-14/h9,11,13-18,25H,2-8,10,12H2,1H3. The number of halogens is 3. The van der Waals surface area contributed by atoms with Gasteiger partial charge >= 0.3 is 6.18 Å². The normalized spacial score (nSPS) is 39.7. The summed E-state index contributed by atoms with van der Waals surface area (Å²) in [4.78, 5) is 6.10. The topological polar surface area (TPSA) is 27.6 Å². The minimum absolute atomic E-state index is 0.00391. The Morgan fingerprint density at radius 2 is 1.85 bits per heavy atom. The van der Waals surface area contributed by atoms with Gasteiger partial charge in [0.25, 0.3) is 0 Å². The largest absolute Gasteiger partial charge is 0.433 e. The van der Waals surface area contributed by atoms with Gasteiger partial charge < -0.3 is 5.32 Å². The number of hydrogen-bond acceptors (Lipinski definition) is 3. The molecule has 3 aliphatic heterocycles. The van der Waals surface area contributed by atoms with E-state index in [-0.39, 0.29) is 12.0 Å². The van der Waals surface area contributed by atoms with Crippen molar-refractivity contribution in [3.8, 4) is 0 Å². The first-order chi connectivity index (χ1) is 12.4. The molecule has 0 aromatic rings. The molecule has 0 bridgehead atoms. The number of rotatable bonds is 2. The van der Waals surface area contributed by atoms with Crippen LogP contribution >= 0.6 is 0 Å². The van der Waals surface area contributed by atoms with Crippen LogP contribution in [0.3, 0.4) is 0 Å². The molecular formula is C20H30F3N3. The lowest BCUT2D eigenvalue weighted by Gasteiger charge is -2.41. The molecule has 146 valence electrons. The van der Waals surface area contributed by atoms with Crippen molar-refractivity contribution in [2.75, 3.05) is 13.1 Å². The van der Waals surface area contributed by atoms with E-state index >= 15 is 0 Å². The van der Waals surface area contributed by atoms with Gasteiger partial charge in [-0.1, -0.05) is 26.2 Å². The fourth-order valence-corrected chi connectivity index (χ4v) is 5.60. The first-order valence-electron chi connectivity index (χ1n) is 10.2. The molecule has 0 aromatic heterocycles. The van der Waals surface area contributed by atoms with Gasteiger partial charge in [0.15, 0.2) is 0 Å². The van der Waals surface area contributed by atoms with Crippen LogP contribution < -0.4 is 5.32 Å². The molecule has 6 heteroatoms. The van der Waals surface area contributed by atoms with Gasteiger partial charge in [0.2, 0.25) is 0 Å². The number of alkyl halides is 3. The third kappa shape index (κ3) is 3.72. The van der Waals surface area contributed by atoms with Crippen LogP contribution in [0.4, 0.5) is 13.2 Å². The van der Waals surface area contributed by atoms with E-state index in [9.17, 15) is 13.2 Å². The summed E-state index contributed by atoms with van der Waals surface area (Å²) in [6.07, 6.45) is 7.66. The summed E-state index contributed by atoms with van der Waals surface area (Å²) in [6.45, 7) is 3.81. The maximum absolute atomic E-state index is 12.9. The third-order valence-electron chi connectivity index (χ3n) is 7.01. The Kier molecular flexibility index (Phi) is 5.17. The van der Waals surface area contributed by atoms with Crippen LogP contribution in [0.1, 0.15) is 51.9 Å². The third-order valence-corrected chi connectivity index (χ3v) is 7.01. The minimum atomic E-state index is -4.34. The lowest BCUT2D eigenvalue weighted by molar-refractivity contribution is -0.0933. The number of likely N-dealkylation sites (tertiary alicyclic amines) is 1. The van der Waals surface area contributed by atoms with Crippen LogP contribution in [-0.4, -0.2) is 48.5 Å². The zero-order chi connectivity index (χ0) is 18.3. The van der Waals surface area contributed by atoms with Gasteiger partial charge in [-0.3, -0.25) is 9.89 Å². The summed E-state index contributed by atoms with van der Waals surface area (Å²) in [5.41, 5.74) is -0.740. The van der Waals surface area contributed by atoms with Crippen molar-refractivity contribution >= 4 is 6.21 Å². The van der Waals surface area contributed by atoms with Crippen molar-refractivity contribution in [2.45, 2.75) is 76.2 Å². The molecule has 2 saturated heterocycles. The molecule has 0 amide bonds. The Bertz CT molecular complexity index is 565.